The Hall–Kier alpha value is -0.380. The molecule has 1 heterocycles. The van der Waals surface area contributed by atoms with Crippen molar-refractivity contribution in [2.24, 2.45) is 0 Å². The molecule has 0 spiro atoms. The van der Waals surface area contributed by atoms with Crippen molar-refractivity contribution in [3.8, 4) is 0 Å². The lowest BCUT2D eigenvalue weighted by Crippen LogP contribution is -2.42. The Morgan fingerprint density at radius 1 is 1.47 bits per heavy atom. The molecule has 0 amide bonds. The van der Waals surface area contributed by atoms with Gasteiger partial charge in [0, 0.05) is 23.6 Å². The van der Waals surface area contributed by atoms with Crippen LogP contribution in [0.4, 0.5) is 0 Å². The molecule has 1 unspecified atom stereocenters. The molecule has 1 aliphatic heterocycles. The van der Waals surface area contributed by atoms with E-state index in [-0.39, 0.29) is 0 Å². The lowest BCUT2D eigenvalue weighted by Gasteiger charge is -2.26. The lowest BCUT2D eigenvalue weighted by atomic mass is 9.96. The monoisotopic (exact) mass is 268 g/mol. The van der Waals surface area contributed by atoms with Gasteiger partial charge in [-0.05, 0) is 36.2 Å². The Balaban J connectivity index is 2.03. The average Bonchev–Trinajstić information content (AvgIpc) is 2.26. The van der Waals surface area contributed by atoms with Crippen LogP contribution in [-0.2, 0) is 13.0 Å². The number of fused-ring (bicyclic) bond motifs is 1. The molecular weight excluding hydrogens is 252 g/mol. The van der Waals surface area contributed by atoms with Gasteiger partial charge >= 0.3 is 0 Å². The highest BCUT2D eigenvalue weighted by atomic mass is 79.9. The quantitative estimate of drug-likeness (QED) is 0.877. The van der Waals surface area contributed by atoms with Crippen molar-refractivity contribution < 1.29 is 0 Å². The van der Waals surface area contributed by atoms with Gasteiger partial charge in [-0.3, -0.25) is 0 Å². The Bertz CT molecular complexity index is 338. The van der Waals surface area contributed by atoms with Gasteiger partial charge < -0.3 is 10.6 Å². The van der Waals surface area contributed by atoms with Crippen LogP contribution in [-0.4, -0.2) is 19.1 Å². The minimum absolute atomic E-state index is 0.582. The number of likely N-dealkylation sites (N-methyl/N-ethyl adjacent to an activating group) is 1. The van der Waals surface area contributed by atoms with Crippen LogP contribution in [0.15, 0.2) is 22.7 Å². The van der Waals surface area contributed by atoms with E-state index < -0.39 is 0 Å². The molecule has 2 N–H and O–H groups in total. The molecule has 0 saturated heterocycles. The molecule has 0 aromatic heterocycles. The molecule has 82 valence electrons. The fraction of sp³-hybridized carbons (Fsp3) is 0.500. The van der Waals surface area contributed by atoms with Gasteiger partial charge in [0.1, 0.15) is 0 Å². The second kappa shape index (κ2) is 5.10. The summed E-state index contributed by atoms with van der Waals surface area (Å²) in [6.45, 7) is 5.25. The van der Waals surface area contributed by atoms with Crippen molar-refractivity contribution in [3.05, 3.63) is 33.8 Å². The highest BCUT2D eigenvalue weighted by molar-refractivity contribution is 9.10. The van der Waals surface area contributed by atoms with Crippen LogP contribution in [0, 0.1) is 0 Å². The van der Waals surface area contributed by atoms with Crippen molar-refractivity contribution in [1.82, 2.24) is 10.6 Å². The molecule has 1 atom stereocenters. The number of nitrogens with one attached hydrogen (secondary N) is 2. The van der Waals surface area contributed by atoms with E-state index >= 15 is 0 Å². The highest BCUT2D eigenvalue weighted by Crippen LogP contribution is 2.21. The van der Waals surface area contributed by atoms with E-state index in [1.807, 2.05) is 0 Å². The third kappa shape index (κ3) is 2.80. The highest BCUT2D eigenvalue weighted by Gasteiger charge is 2.17. The largest absolute Gasteiger partial charge is 0.315 e. The van der Waals surface area contributed by atoms with Crippen molar-refractivity contribution in [1.29, 1.82) is 0 Å². The molecule has 1 aromatic carbocycles. The average molecular weight is 269 g/mol. The van der Waals surface area contributed by atoms with Crippen molar-refractivity contribution in [2.75, 3.05) is 13.1 Å². The predicted octanol–water partition coefficient (Wildman–Crippen LogP) is 2.07. The zero-order valence-electron chi connectivity index (χ0n) is 9.02. The zero-order chi connectivity index (χ0) is 10.7. The van der Waals surface area contributed by atoms with Crippen molar-refractivity contribution >= 4 is 15.9 Å². The summed E-state index contributed by atoms with van der Waals surface area (Å²) in [5, 5.41) is 6.94. The van der Waals surface area contributed by atoms with Crippen LogP contribution in [0.25, 0.3) is 0 Å². The third-order valence-corrected chi connectivity index (χ3v) is 3.35. The minimum atomic E-state index is 0.582. The molecule has 0 saturated carbocycles. The van der Waals surface area contributed by atoms with Crippen LogP contribution in [0.1, 0.15) is 18.1 Å². The van der Waals surface area contributed by atoms with Crippen LogP contribution in [0.5, 0.6) is 0 Å². The van der Waals surface area contributed by atoms with Gasteiger partial charge in [-0.1, -0.05) is 28.9 Å². The SMILES string of the molecule is CCNCC1Cc2ccc(Br)cc2CN1. The van der Waals surface area contributed by atoms with Gasteiger partial charge in [0.2, 0.25) is 0 Å². The second-order valence-electron chi connectivity index (χ2n) is 4.00. The van der Waals surface area contributed by atoms with Gasteiger partial charge in [0.05, 0.1) is 0 Å². The number of hydrogen-bond donors (Lipinski definition) is 2. The summed E-state index contributed by atoms with van der Waals surface area (Å²) in [5.74, 6) is 0. The number of benzene rings is 1. The molecule has 2 nitrogen and oxygen atoms in total. The Morgan fingerprint density at radius 3 is 3.13 bits per heavy atom. The van der Waals surface area contributed by atoms with Crippen LogP contribution >= 0.6 is 15.9 Å². The summed E-state index contributed by atoms with van der Waals surface area (Å²) in [6, 6.07) is 7.16. The summed E-state index contributed by atoms with van der Waals surface area (Å²) in [7, 11) is 0. The second-order valence-corrected chi connectivity index (χ2v) is 4.92. The molecule has 1 aliphatic rings. The first-order chi connectivity index (χ1) is 7.29. The fourth-order valence-electron chi connectivity index (χ4n) is 2.01. The van der Waals surface area contributed by atoms with Gasteiger partial charge in [0.25, 0.3) is 0 Å². The normalized spacial score (nSPS) is 20.0. The van der Waals surface area contributed by atoms with Crippen molar-refractivity contribution in [2.45, 2.75) is 25.9 Å². The number of hydrogen-bond acceptors (Lipinski definition) is 2. The zero-order valence-corrected chi connectivity index (χ0v) is 10.6. The maximum atomic E-state index is 3.55. The summed E-state index contributed by atoms with van der Waals surface area (Å²) >= 11 is 3.51. The first-order valence-corrected chi connectivity index (χ1v) is 6.30. The van der Waals surface area contributed by atoms with E-state index in [1.165, 1.54) is 15.6 Å². The Kier molecular flexibility index (Phi) is 3.78. The summed E-state index contributed by atoms with van der Waals surface area (Å²) in [6.07, 6.45) is 1.13. The van der Waals surface area contributed by atoms with Gasteiger partial charge in [-0.15, -0.1) is 0 Å². The molecule has 0 radical (unpaired) electrons. The molecule has 0 bridgehead atoms. The van der Waals surface area contributed by atoms with E-state index in [9.17, 15) is 0 Å². The molecule has 2 rings (SSSR count). The summed E-state index contributed by atoms with van der Waals surface area (Å²) in [4.78, 5) is 0. The third-order valence-electron chi connectivity index (χ3n) is 2.86. The van der Waals surface area contributed by atoms with E-state index in [0.29, 0.717) is 6.04 Å². The van der Waals surface area contributed by atoms with Gasteiger partial charge in [-0.25, -0.2) is 0 Å². The lowest BCUT2D eigenvalue weighted by molar-refractivity contribution is 0.453. The molecule has 15 heavy (non-hydrogen) atoms. The fourth-order valence-corrected chi connectivity index (χ4v) is 2.42. The standard InChI is InChI=1S/C12H17BrN2/c1-2-14-8-12-6-9-3-4-11(13)5-10(9)7-15-12/h3-5,12,14-15H,2,6-8H2,1H3. The Morgan fingerprint density at radius 2 is 2.33 bits per heavy atom. The van der Waals surface area contributed by atoms with Crippen LogP contribution in [0.3, 0.4) is 0 Å². The van der Waals surface area contributed by atoms with Crippen LogP contribution in [0.2, 0.25) is 0 Å². The molecule has 0 fully saturated rings. The predicted molar refractivity (Wildman–Crippen MR) is 67.0 cm³/mol. The number of rotatable bonds is 3. The first kappa shape index (κ1) is 11.1. The topological polar surface area (TPSA) is 24.1 Å². The number of halogens is 1. The molecule has 0 aliphatic carbocycles. The van der Waals surface area contributed by atoms with Crippen molar-refractivity contribution in [3.63, 3.8) is 0 Å². The van der Waals surface area contributed by atoms with E-state index in [2.05, 4.69) is 51.7 Å². The smallest absolute Gasteiger partial charge is 0.0236 e. The van der Waals surface area contributed by atoms with Gasteiger partial charge in [-0.2, -0.15) is 0 Å². The maximum Gasteiger partial charge on any atom is 0.0236 e. The molecule has 1 aromatic rings. The van der Waals surface area contributed by atoms with E-state index in [0.717, 1.165) is 26.1 Å². The minimum Gasteiger partial charge on any atom is -0.315 e. The van der Waals surface area contributed by atoms with E-state index in [4.69, 9.17) is 0 Å². The maximum absolute atomic E-state index is 3.55. The first-order valence-electron chi connectivity index (χ1n) is 5.51. The van der Waals surface area contributed by atoms with Crippen LogP contribution < -0.4 is 10.6 Å². The summed E-state index contributed by atoms with van der Waals surface area (Å²) in [5.41, 5.74) is 2.91. The summed E-state index contributed by atoms with van der Waals surface area (Å²) < 4.78 is 1.17. The van der Waals surface area contributed by atoms with E-state index in [1.54, 1.807) is 0 Å². The Labute approximate surface area is 99.6 Å². The van der Waals surface area contributed by atoms with Gasteiger partial charge in [0.15, 0.2) is 0 Å². The molecular formula is C12H17BrN2. The molecule has 3 heteroatoms.